The van der Waals surface area contributed by atoms with Gasteiger partial charge in [0.25, 0.3) is 0 Å². The molecule has 0 radical (unpaired) electrons. The Bertz CT molecular complexity index is 183. The lowest BCUT2D eigenvalue weighted by molar-refractivity contribution is 0.165. The Hall–Kier alpha value is -0.0800. The summed E-state index contributed by atoms with van der Waals surface area (Å²) in [6.07, 6.45) is 1.36. The molecule has 2 bridgehead atoms. The van der Waals surface area contributed by atoms with E-state index in [1.54, 1.807) is 0 Å². The second-order valence-corrected chi connectivity index (χ2v) is 5.63. The Morgan fingerprint density at radius 3 is 2.42 bits per heavy atom. The van der Waals surface area contributed by atoms with Gasteiger partial charge in [0.15, 0.2) is 0 Å². The van der Waals surface area contributed by atoms with Crippen LogP contribution in [-0.2, 0) is 0 Å². The van der Waals surface area contributed by atoms with Crippen LogP contribution in [-0.4, -0.2) is 30.1 Å². The maximum atomic E-state index is 6.00. The molecule has 1 saturated carbocycles. The lowest BCUT2D eigenvalue weighted by Crippen LogP contribution is -2.50. The summed E-state index contributed by atoms with van der Waals surface area (Å²) in [5, 5.41) is 0. The van der Waals surface area contributed by atoms with E-state index in [1.165, 1.54) is 19.5 Å². The molecule has 2 heterocycles. The van der Waals surface area contributed by atoms with Crippen LogP contribution >= 0.6 is 0 Å². The van der Waals surface area contributed by atoms with E-state index in [9.17, 15) is 0 Å². The minimum Gasteiger partial charge on any atom is -0.326 e. The van der Waals surface area contributed by atoms with E-state index in [1.807, 2.05) is 0 Å². The van der Waals surface area contributed by atoms with Crippen LogP contribution in [0.1, 0.15) is 27.2 Å². The van der Waals surface area contributed by atoms with Crippen molar-refractivity contribution in [2.24, 2.45) is 17.1 Å². The van der Waals surface area contributed by atoms with Gasteiger partial charge in [-0.05, 0) is 17.8 Å². The van der Waals surface area contributed by atoms with Crippen LogP contribution < -0.4 is 5.73 Å². The van der Waals surface area contributed by atoms with Gasteiger partial charge >= 0.3 is 0 Å². The monoisotopic (exact) mass is 168 g/mol. The van der Waals surface area contributed by atoms with Crippen molar-refractivity contribution in [3.63, 3.8) is 0 Å². The molecule has 3 unspecified atom stereocenters. The summed E-state index contributed by atoms with van der Waals surface area (Å²) in [5.74, 6) is 0.817. The third kappa shape index (κ3) is 1.27. The summed E-state index contributed by atoms with van der Waals surface area (Å²) >= 11 is 0. The van der Waals surface area contributed by atoms with Crippen LogP contribution in [0.5, 0.6) is 0 Å². The summed E-state index contributed by atoms with van der Waals surface area (Å²) < 4.78 is 0. The average Bonchev–Trinajstić information content (AvgIpc) is 2.38. The quantitative estimate of drug-likeness (QED) is 0.634. The predicted octanol–water partition coefficient (Wildman–Crippen LogP) is 1.06. The molecule has 2 saturated heterocycles. The molecule has 70 valence electrons. The number of nitrogens with zero attached hydrogens (tertiary/aromatic N) is 1. The van der Waals surface area contributed by atoms with Crippen molar-refractivity contribution < 1.29 is 0 Å². The van der Waals surface area contributed by atoms with Crippen LogP contribution in [0.4, 0.5) is 0 Å². The molecule has 2 nitrogen and oxygen atoms in total. The summed E-state index contributed by atoms with van der Waals surface area (Å²) in [6, 6.07) is 1.21. The van der Waals surface area contributed by atoms with Gasteiger partial charge in [-0.1, -0.05) is 20.8 Å². The number of fused-ring (bicyclic) bond motifs is 1. The van der Waals surface area contributed by atoms with Crippen molar-refractivity contribution in [3.8, 4) is 0 Å². The van der Waals surface area contributed by atoms with E-state index in [-0.39, 0.29) is 0 Å². The molecular formula is C10H20N2. The predicted molar refractivity (Wildman–Crippen MR) is 50.9 cm³/mol. The molecule has 2 heteroatoms. The van der Waals surface area contributed by atoms with Crippen LogP contribution in [0, 0.1) is 11.3 Å². The van der Waals surface area contributed by atoms with Crippen molar-refractivity contribution in [2.45, 2.75) is 39.3 Å². The molecule has 2 N–H and O–H groups in total. The van der Waals surface area contributed by atoms with E-state index in [0.717, 1.165) is 5.92 Å². The molecule has 0 aromatic rings. The largest absolute Gasteiger partial charge is 0.326 e. The van der Waals surface area contributed by atoms with Gasteiger partial charge in [0.05, 0.1) is 0 Å². The molecule has 3 rings (SSSR count). The highest BCUT2D eigenvalue weighted by atomic mass is 15.3. The van der Waals surface area contributed by atoms with Crippen molar-refractivity contribution in [3.05, 3.63) is 0 Å². The summed E-state index contributed by atoms with van der Waals surface area (Å²) in [7, 11) is 0. The van der Waals surface area contributed by atoms with Crippen LogP contribution in [0.15, 0.2) is 0 Å². The van der Waals surface area contributed by atoms with Gasteiger partial charge < -0.3 is 5.73 Å². The lowest BCUT2D eigenvalue weighted by atomic mass is 9.81. The number of rotatable bonds is 1. The Balaban J connectivity index is 1.92. The zero-order valence-electron chi connectivity index (χ0n) is 8.38. The first kappa shape index (κ1) is 8.52. The molecule has 0 aromatic heterocycles. The minimum absolute atomic E-state index is 0.428. The Morgan fingerprint density at radius 1 is 1.42 bits per heavy atom. The number of hydrogen-bond donors (Lipinski definition) is 1. The average molecular weight is 168 g/mol. The Labute approximate surface area is 75.1 Å². The maximum absolute atomic E-state index is 6.00. The first-order valence-corrected chi connectivity index (χ1v) is 4.97. The molecule has 12 heavy (non-hydrogen) atoms. The zero-order valence-corrected chi connectivity index (χ0v) is 8.38. The lowest BCUT2D eigenvalue weighted by Gasteiger charge is -2.35. The van der Waals surface area contributed by atoms with Gasteiger partial charge in [-0.2, -0.15) is 0 Å². The van der Waals surface area contributed by atoms with Crippen LogP contribution in [0.3, 0.4) is 0 Å². The van der Waals surface area contributed by atoms with Gasteiger partial charge in [0, 0.05) is 25.2 Å². The SMILES string of the molecule is CC(C)(C)CN1CC2CC1C2N. The van der Waals surface area contributed by atoms with E-state index >= 15 is 0 Å². The van der Waals surface area contributed by atoms with E-state index in [2.05, 4.69) is 25.7 Å². The first-order valence-electron chi connectivity index (χ1n) is 4.97. The molecule has 3 atom stereocenters. The Kier molecular flexibility index (Phi) is 1.74. The van der Waals surface area contributed by atoms with Gasteiger partial charge in [0.2, 0.25) is 0 Å². The van der Waals surface area contributed by atoms with Gasteiger partial charge in [-0.25, -0.2) is 0 Å². The zero-order chi connectivity index (χ0) is 8.93. The molecule has 0 spiro atoms. The topological polar surface area (TPSA) is 29.3 Å². The Morgan fingerprint density at radius 2 is 2.08 bits per heavy atom. The van der Waals surface area contributed by atoms with Gasteiger partial charge in [-0.15, -0.1) is 0 Å². The number of nitrogens with two attached hydrogens (primary N) is 1. The normalized spacial score (nSPS) is 41.5. The minimum atomic E-state index is 0.428. The third-order valence-corrected chi connectivity index (χ3v) is 3.15. The molecule has 3 aliphatic rings. The smallest absolute Gasteiger partial charge is 0.0254 e. The standard InChI is InChI=1S/C10H20N2/c1-10(2,3)6-12-5-7-4-8(12)9(7)11/h7-9H,4-6,11H2,1-3H3. The highest BCUT2D eigenvalue weighted by Gasteiger charge is 2.50. The summed E-state index contributed by atoms with van der Waals surface area (Å²) in [5.41, 5.74) is 6.42. The summed E-state index contributed by atoms with van der Waals surface area (Å²) in [6.45, 7) is 9.36. The highest BCUT2D eigenvalue weighted by Crippen LogP contribution is 2.40. The van der Waals surface area contributed by atoms with Crippen LogP contribution in [0.25, 0.3) is 0 Å². The molecule has 1 aliphatic carbocycles. The fourth-order valence-corrected chi connectivity index (χ4v) is 2.56. The summed E-state index contributed by atoms with van der Waals surface area (Å²) in [4.78, 5) is 2.58. The van der Waals surface area contributed by atoms with Gasteiger partial charge in [0.1, 0.15) is 0 Å². The van der Waals surface area contributed by atoms with E-state index in [0.29, 0.717) is 17.5 Å². The van der Waals surface area contributed by atoms with Crippen molar-refractivity contribution in [1.29, 1.82) is 0 Å². The highest BCUT2D eigenvalue weighted by molar-refractivity contribution is 5.07. The van der Waals surface area contributed by atoms with E-state index in [4.69, 9.17) is 5.73 Å². The van der Waals surface area contributed by atoms with Crippen LogP contribution in [0.2, 0.25) is 0 Å². The third-order valence-electron chi connectivity index (χ3n) is 3.15. The molecule has 0 amide bonds. The van der Waals surface area contributed by atoms with Crippen molar-refractivity contribution in [1.82, 2.24) is 4.90 Å². The second kappa shape index (κ2) is 2.46. The van der Waals surface area contributed by atoms with Crippen molar-refractivity contribution in [2.75, 3.05) is 13.1 Å². The van der Waals surface area contributed by atoms with Gasteiger partial charge in [-0.3, -0.25) is 4.90 Å². The fraction of sp³-hybridized carbons (Fsp3) is 1.00. The van der Waals surface area contributed by atoms with E-state index < -0.39 is 0 Å². The van der Waals surface area contributed by atoms with Crippen molar-refractivity contribution >= 4 is 0 Å². The number of hydrogen-bond acceptors (Lipinski definition) is 2. The fourth-order valence-electron chi connectivity index (χ4n) is 2.56. The molecule has 3 fully saturated rings. The molecule has 2 aliphatic heterocycles. The first-order chi connectivity index (χ1) is 5.47. The molecular weight excluding hydrogens is 148 g/mol. The second-order valence-electron chi connectivity index (χ2n) is 5.63. The maximum Gasteiger partial charge on any atom is 0.0254 e. The molecule has 0 aromatic carbocycles.